The van der Waals surface area contributed by atoms with Gasteiger partial charge < -0.3 is 4.90 Å². The fourth-order valence-electron chi connectivity index (χ4n) is 3.52. The highest BCUT2D eigenvalue weighted by Crippen LogP contribution is 2.30. The molecule has 1 aliphatic rings. The van der Waals surface area contributed by atoms with Crippen LogP contribution in [0.2, 0.25) is 0 Å². The molecule has 7 heteroatoms. The first-order valence-corrected chi connectivity index (χ1v) is 10.9. The average molecular weight is 388 g/mol. The number of rotatable bonds is 6. The smallest absolute Gasteiger partial charge is 0.232 e. The Morgan fingerprint density at radius 2 is 1.85 bits per heavy atom. The number of Topliss-reactive ketones (excluding diaryl/α,β-unsaturated/α-hetero) is 1. The summed E-state index contributed by atoms with van der Waals surface area (Å²) in [5.41, 5.74) is 2.24. The van der Waals surface area contributed by atoms with Crippen LogP contribution in [-0.4, -0.2) is 37.5 Å². The zero-order chi connectivity index (χ0) is 19.4. The number of nitrogens with zero attached hydrogens (tertiary/aromatic N) is 2. The van der Waals surface area contributed by atoms with Crippen molar-refractivity contribution in [3.63, 3.8) is 0 Å². The van der Waals surface area contributed by atoms with Gasteiger partial charge in [0.05, 0.1) is 5.75 Å². The lowest BCUT2D eigenvalue weighted by atomic mass is 9.85. The summed E-state index contributed by atoms with van der Waals surface area (Å²) in [7, 11) is -3.31. The molecule has 0 radical (unpaired) electrons. The van der Waals surface area contributed by atoms with Gasteiger partial charge >= 0.3 is 0 Å². The molecule has 0 amide bonds. The summed E-state index contributed by atoms with van der Waals surface area (Å²) in [6, 6.07) is 11.0. The molecule has 144 valence electrons. The summed E-state index contributed by atoms with van der Waals surface area (Å²) in [6.45, 7) is 4.55. The maximum Gasteiger partial charge on any atom is 0.232 e. The van der Waals surface area contributed by atoms with Gasteiger partial charge in [0.15, 0.2) is 5.78 Å². The molecule has 0 bridgehead atoms. The Labute approximate surface area is 160 Å². The van der Waals surface area contributed by atoms with E-state index in [1.807, 2.05) is 12.1 Å². The molecule has 0 saturated carbocycles. The monoisotopic (exact) mass is 387 g/mol. The highest BCUT2D eigenvalue weighted by atomic mass is 32.2. The largest absolute Gasteiger partial charge is 0.369 e. The van der Waals surface area contributed by atoms with Crippen molar-refractivity contribution in [1.29, 1.82) is 0 Å². The van der Waals surface area contributed by atoms with Gasteiger partial charge in [0.1, 0.15) is 0 Å². The van der Waals surface area contributed by atoms with Crippen LogP contribution < -0.4 is 9.62 Å². The van der Waals surface area contributed by atoms with Gasteiger partial charge in [-0.25, -0.2) is 8.42 Å². The van der Waals surface area contributed by atoms with E-state index in [9.17, 15) is 13.2 Å². The second-order valence-electron chi connectivity index (χ2n) is 6.92. The first-order chi connectivity index (χ1) is 12.9. The lowest BCUT2D eigenvalue weighted by molar-refractivity contribution is 0.0890. The summed E-state index contributed by atoms with van der Waals surface area (Å²) >= 11 is 0. The van der Waals surface area contributed by atoms with Gasteiger partial charge in [-0.15, -0.1) is 0 Å². The molecule has 2 aromatic rings. The minimum absolute atomic E-state index is 0.0155. The van der Waals surface area contributed by atoms with Gasteiger partial charge in [0.25, 0.3) is 0 Å². The van der Waals surface area contributed by atoms with Crippen molar-refractivity contribution in [2.45, 2.75) is 32.7 Å². The minimum atomic E-state index is -3.31. The fourth-order valence-corrected chi connectivity index (χ4v) is 4.16. The van der Waals surface area contributed by atoms with Gasteiger partial charge in [0.2, 0.25) is 10.0 Å². The Bertz CT molecular complexity index is 882. The molecule has 2 heterocycles. The topological polar surface area (TPSA) is 79.4 Å². The normalized spacial score (nSPS) is 20.3. The van der Waals surface area contributed by atoms with Gasteiger partial charge in [-0.1, -0.05) is 0 Å². The van der Waals surface area contributed by atoms with E-state index in [2.05, 4.69) is 21.5 Å². The van der Waals surface area contributed by atoms with Crippen LogP contribution in [0.5, 0.6) is 0 Å². The minimum Gasteiger partial charge on any atom is -0.369 e. The van der Waals surface area contributed by atoms with Crippen molar-refractivity contribution in [3.8, 4) is 0 Å². The molecule has 2 atom stereocenters. The summed E-state index contributed by atoms with van der Waals surface area (Å²) in [6.07, 6.45) is 5.17. The number of piperidine rings is 1. The van der Waals surface area contributed by atoms with E-state index in [0.29, 0.717) is 11.3 Å². The number of benzene rings is 1. The Morgan fingerprint density at radius 1 is 1.19 bits per heavy atom. The van der Waals surface area contributed by atoms with E-state index in [1.54, 1.807) is 43.6 Å². The van der Waals surface area contributed by atoms with Crippen molar-refractivity contribution in [1.82, 2.24) is 4.98 Å². The number of aromatic nitrogens is 1. The predicted molar refractivity (Wildman–Crippen MR) is 108 cm³/mol. The number of hydrogen-bond donors (Lipinski definition) is 1. The van der Waals surface area contributed by atoms with Crippen molar-refractivity contribution in [3.05, 3.63) is 54.4 Å². The molecule has 1 saturated heterocycles. The number of ketones is 1. The van der Waals surface area contributed by atoms with Crippen LogP contribution in [0.25, 0.3) is 0 Å². The molecule has 1 fully saturated rings. The Kier molecular flexibility index (Phi) is 5.79. The van der Waals surface area contributed by atoms with Crippen molar-refractivity contribution in [2.24, 2.45) is 5.92 Å². The molecule has 3 rings (SSSR count). The molecular weight excluding hydrogens is 362 g/mol. The van der Waals surface area contributed by atoms with Gasteiger partial charge in [-0.3, -0.25) is 14.5 Å². The van der Waals surface area contributed by atoms with Gasteiger partial charge in [0, 0.05) is 47.8 Å². The van der Waals surface area contributed by atoms with E-state index < -0.39 is 10.0 Å². The summed E-state index contributed by atoms with van der Waals surface area (Å²) in [4.78, 5) is 19.2. The first kappa shape index (κ1) is 19.4. The average Bonchev–Trinajstić information content (AvgIpc) is 2.68. The Hall–Kier alpha value is -2.41. The molecule has 0 aliphatic carbocycles. The molecule has 0 spiro atoms. The van der Waals surface area contributed by atoms with Crippen LogP contribution in [0.1, 0.15) is 37.0 Å². The number of carbonyl (C=O) groups is 1. The third-order valence-electron chi connectivity index (χ3n) is 5.06. The third-order valence-corrected chi connectivity index (χ3v) is 6.37. The highest BCUT2D eigenvalue weighted by Gasteiger charge is 2.30. The Balaban J connectivity index is 1.65. The molecule has 27 heavy (non-hydrogen) atoms. The van der Waals surface area contributed by atoms with E-state index in [-0.39, 0.29) is 23.5 Å². The molecule has 1 aromatic carbocycles. The molecular formula is C20H25N3O3S. The number of sulfonamides is 1. The van der Waals surface area contributed by atoms with E-state index in [0.717, 1.165) is 25.1 Å². The molecule has 1 N–H and O–H groups in total. The summed E-state index contributed by atoms with van der Waals surface area (Å²) in [5, 5.41) is 0. The zero-order valence-electron chi connectivity index (χ0n) is 15.6. The second-order valence-corrected chi connectivity index (χ2v) is 8.93. The zero-order valence-corrected chi connectivity index (χ0v) is 16.4. The third kappa shape index (κ3) is 4.66. The van der Waals surface area contributed by atoms with Crippen LogP contribution in [0.3, 0.4) is 0 Å². The van der Waals surface area contributed by atoms with Crippen molar-refractivity contribution < 1.29 is 13.2 Å². The highest BCUT2D eigenvalue weighted by molar-refractivity contribution is 7.92. The quantitative estimate of drug-likeness (QED) is 0.769. The lowest BCUT2D eigenvalue weighted by Gasteiger charge is -2.38. The van der Waals surface area contributed by atoms with Crippen LogP contribution in [-0.2, 0) is 10.0 Å². The van der Waals surface area contributed by atoms with Crippen LogP contribution >= 0.6 is 0 Å². The van der Waals surface area contributed by atoms with Crippen LogP contribution in [0, 0.1) is 5.92 Å². The number of anilines is 2. The van der Waals surface area contributed by atoms with E-state index >= 15 is 0 Å². The number of pyridine rings is 1. The first-order valence-electron chi connectivity index (χ1n) is 9.21. The summed E-state index contributed by atoms with van der Waals surface area (Å²) in [5.74, 6) is 0.124. The molecule has 6 nitrogen and oxygen atoms in total. The van der Waals surface area contributed by atoms with E-state index in [4.69, 9.17) is 0 Å². The molecule has 1 aliphatic heterocycles. The summed E-state index contributed by atoms with van der Waals surface area (Å²) < 4.78 is 25.8. The molecule has 1 aromatic heterocycles. The predicted octanol–water partition coefficient (Wildman–Crippen LogP) is 3.33. The maximum absolute atomic E-state index is 12.9. The lowest BCUT2D eigenvalue weighted by Crippen LogP contribution is -2.42. The number of hydrogen-bond acceptors (Lipinski definition) is 5. The SMILES string of the molecule is CCS(=O)(=O)Nc1ccc(C(=O)C2CCN(c3ccncc3)C(C)C2)cc1. The number of nitrogens with one attached hydrogen (secondary N) is 1. The molecule has 2 unspecified atom stereocenters. The standard InChI is InChI=1S/C20H25N3O3S/c1-3-27(25,26)22-18-6-4-16(5-7-18)20(24)17-10-13-23(15(2)14-17)19-8-11-21-12-9-19/h4-9,11-12,15,17,22H,3,10,13-14H2,1-2H3. The maximum atomic E-state index is 12.9. The van der Waals surface area contributed by atoms with Crippen molar-refractivity contribution in [2.75, 3.05) is 21.9 Å². The van der Waals surface area contributed by atoms with E-state index in [1.165, 1.54) is 0 Å². The van der Waals surface area contributed by atoms with Crippen molar-refractivity contribution >= 4 is 27.2 Å². The number of carbonyl (C=O) groups excluding carboxylic acids is 1. The second kappa shape index (κ2) is 8.08. The van der Waals surface area contributed by atoms with Crippen LogP contribution in [0.4, 0.5) is 11.4 Å². The van der Waals surface area contributed by atoms with Gasteiger partial charge in [-0.2, -0.15) is 0 Å². The fraction of sp³-hybridized carbons (Fsp3) is 0.400. The van der Waals surface area contributed by atoms with Gasteiger partial charge in [-0.05, 0) is 63.1 Å². The Morgan fingerprint density at radius 3 is 2.44 bits per heavy atom. The van der Waals surface area contributed by atoms with Crippen LogP contribution in [0.15, 0.2) is 48.8 Å².